The number of hydrogen-bond acceptors (Lipinski definition) is 4. The Morgan fingerprint density at radius 1 is 1.00 bits per heavy atom. The summed E-state index contributed by atoms with van der Waals surface area (Å²) < 4.78 is 3.43. The maximum absolute atomic E-state index is 13.0. The molecule has 4 aromatic rings. The fourth-order valence-electron chi connectivity index (χ4n) is 3.31. The van der Waals surface area contributed by atoms with Gasteiger partial charge in [0.05, 0.1) is 27.8 Å². The average molecular weight is 449 g/mol. The molecular formula is C24H25ClN6O. The van der Waals surface area contributed by atoms with Gasteiger partial charge >= 0.3 is 0 Å². The van der Waals surface area contributed by atoms with E-state index in [1.165, 1.54) is 0 Å². The Labute approximate surface area is 192 Å². The zero-order valence-electron chi connectivity index (χ0n) is 18.7. The first-order valence-corrected chi connectivity index (χ1v) is 10.7. The third-order valence-corrected chi connectivity index (χ3v) is 5.71. The molecule has 8 heteroatoms. The van der Waals surface area contributed by atoms with Crippen LogP contribution in [0.4, 0.5) is 5.82 Å². The summed E-state index contributed by atoms with van der Waals surface area (Å²) in [5.41, 5.74) is 3.66. The van der Waals surface area contributed by atoms with Crippen LogP contribution in [0.2, 0.25) is 5.02 Å². The number of hydrogen-bond donors (Lipinski definition) is 1. The van der Waals surface area contributed by atoms with Crippen LogP contribution in [0.15, 0.2) is 54.7 Å². The van der Waals surface area contributed by atoms with Crippen molar-refractivity contribution in [2.75, 3.05) is 5.32 Å². The molecule has 164 valence electrons. The summed E-state index contributed by atoms with van der Waals surface area (Å²) >= 11 is 6.26. The number of carbonyl (C=O) groups is 1. The summed E-state index contributed by atoms with van der Waals surface area (Å²) in [6.45, 7) is 10.0. The van der Waals surface area contributed by atoms with Gasteiger partial charge in [-0.15, -0.1) is 0 Å². The van der Waals surface area contributed by atoms with E-state index in [2.05, 4.69) is 41.3 Å². The molecule has 0 unspecified atom stereocenters. The van der Waals surface area contributed by atoms with Crippen molar-refractivity contribution in [3.8, 4) is 11.5 Å². The van der Waals surface area contributed by atoms with E-state index in [9.17, 15) is 4.79 Å². The van der Waals surface area contributed by atoms with Crippen molar-refractivity contribution in [3.63, 3.8) is 0 Å². The third-order valence-electron chi connectivity index (χ3n) is 5.16. The number of amides is 1. The van der Waals surface area contributed by atoms with Gasteiger partial charge in [-0.2, -0.15) is 14.9 Å². The normalized spacial score (nSPS) is 11.6. The van der Waals surface area contributed by atoms with Crippen molar-refractivity contribution in [2.45, 2.75) is 40.0 Å². The minimum atomic E-state index is -0.236. The first kappa shape index (κ1) is 21.8. The number of benzene rings is 1. The van der Waals surface area contributed by atoms with Gasteiger partial charge in [0.1, 0.15) is 5.82 Å². The molecule has 3 heterocycles. The van der Waals surface area contributed by atoms with Crippen molar-refractivity contribution in [1.29, 1.82) is 0 Å². The fourth-order valence-corrected chi connectivity index (χ4v) is 3.43. The molecule has 0 fully saturated rings. The number of rotatable bonds is 4. The van der Waals surface area contributed by atoms with Gasteiger partial charge in [-0.1, -0.05) is 38.4 Å². The first-order valence-electron chi connectivity index (χ1n) is 10.3. The highest BCUT2D eigenvalue weighted by Crippen LogP contribution is 2.26. The Bertz CT molecular complexity index is 1270. The highest BCUT2D eigenvalue weighted by atomic mass is 35.5. The highest BCUT2D eigenvalue weighted by Gasteiger charge is 2.22. The summed E-state index contributed by atoms with van der Waals surface area (Å²) in [4.78, 5) is 17.4. The molecule has 0 saturated carbocycles. The lowest BCUT2D eigenvalue weighted by atomic mass is 9.92. The van der Waals surface area contributed by atoms with Crippen LogP contribution >= 0.6 is 11.6 Å². The van der Waals surface area contributed by atoms with Crippen LogP contribution in [0.5, 0.6) is 0 Å². The molecule has 0 radical (unpaired) electrons. The maximum Gasteiger partial charge on any atom is 0.256 e. The highest BCUT2D eigenvalue weighted by molar-refractivity contribution is 6.31. The Morgan fingerprint density at radius 2 is 1.72 bits per heavy atom. The van der Waals surface area contributed by atoms with Crippen molar-refractivity contribution >= 4 is 23.3 Å². The van der Waals surface area contributed by atoms with Crippen molar-refractivity contribution in [2.24, 2.45) is 0 Å². The second-order valence-corrected chi connectivity index (χ2v) is 9.04. The third kappa shape index (κ3) is 4.16. The van der Waals surface area contributed by atoms with Gasteiger partial charge in [0.2, 0.25) is 0 Å². The number of carbonyl (C=O) groups excluding carboxylic acids is 1. The molecule has 1 amide bonds. The molecule has 0 atom stereocenters. The molecule has 32 heavy (non-hydrogen) atoms. The number of anilines is 1. The lowest BCUT2D eigenvalue weighted by molar-refractivity contribution is 0.102. The number of nitrogens with zero attached hydrogens (tertiary/aromatic N) is 5. The van der Waals surface area contributed by atoms with Crippen LogP contribution in [0.3, 0.4) is 0 Å². The lowest BCUT2D eigenvalue weighted by Gasteiger charge is -2.13. The van der Waals surface area contributed by atoms with Crippen LogP contribution in [-0.4, -0.2) is 30.5 Å². The summed E-state index contributed by atoms with van der Waals surface area (Å²) in [5.74, 6) is 0.962. The van der Waals surface area contributed by atoms with E-state index in [1.807, 2.05) is 50.2 Å². The Kier molecular flexibility index (Phi) is 5.60. The van der Waals surface area contributed by atoms with E-state index in [0.29, 0.717) is 22.2 Å². The SMILES string of the molecule is Cc1nn(-c2ccc(C(=O)Nc3cc(C(C)(C)C)nn3-c3ccccn3)cc2)c(C)c1Cl. The summed E-state index contributed by atoms with van der Waals surface area (Å²) in [6, 6.07) is 14.7. The Balaban J connectivity index is 1.63. The summed E-state index contributed by atoms with van der Waals surface area (Å²) in [7, 11) is 0. The molecule has 3 aromatic heterocycles. The lowest BCUT2D eigenvalue weighted by Crippen LogP contribution is -2.16. The minimum Gasteiger partial charge on any atom is -0.306 e. The van der Waals surface area contributed by atoms with E-state index in [0.717, 1.165) is 22.8 Å². The zero-order chi connectivity index (χ0) is 23.0. The second-order valence-electron chi connectivity index (χ2n) is 8.66. The van der Waals surface area contributed by atoms with Crippen molar-refractivity contribution < 1.29 is 4.79 Å². The molecule has 1 N–H and O–H groups in total. The van der Waals surface area contributed by atoms with Crippen molar-refractivity contribution in [1.82, 2.24) is 24.5 Å². The average Bonchev–Trinajstić information content (AvgIpc) is 3.31. The molecule has 0 aliphatic rings. The van der Waals surface area contributed by atoms with E-state index < -0.39 is 0 Å². The van der Waals surface area contributed by atoms with Gasteiger partial charge in [-0.05, 0) is 50.2 Å². The van der Waals surface area contributed by atoms with Gasteiger partial charge in [-0.25, -0.2) is 9.67 Å². The van der Waals surface area contributed by atoms with Gasteiger partial charge in [-0.3, -0.25) is 4.79 Å². The van der Waals surface area contributed by atoms with Gasteiger partial charge < -0.3 is 5.32 Å². The Hall–Kier alpha value is -3.45. The van der Waals surface area contributed by atoms with Crippen LogP contribution in [-0.2, 0) is 5.41 Å². The molecule has 0 bridgehead atoms. The molecule has 4 rings (SSSR count). The predicted molar refractivity (Wildman–Crippen MR) is 126 cm³/mol. The number of nitrogens with one attached hydrogen (secondary N) is 1. The predicted octanol–water partition coefficient (Wildman–Crippen LogP) is 5.27. The molecule has 0 saturated heterocycles. The van der Waals surface area contributed by atoms with Gasteiger partial charge in [0.15, 0.2) is 5.82 Å². The monoisotopic (exact) mass is 448 g/mol. The topological polar surface area (TPSA) is 77.6 Å². The number of aryl methyl sites for hydroxylation is 1. The molecular weight excluding hydrogens is 424 g/mol. The van der Waals surface area contributed by atoms with E-state index in [1.54, 1.807) is 27.7 Å². The van der Waals surface area contributed by atoms with Crippen LogP contribution in [0, 0.1) is 13.8 Å². The van der Waals surface area contributed by atoms with Crippen molar-refractivity contribution in [3.05, 3.63) is 82.4 Å². The van der Waals surface area contributed by atoms with Crippen LogP contribution < -0.4 is 5.32 Å². The standard InChI is InChI=1S/C24H25ClN6O/c1-15-22(25)16(2)30(28-15)18-11-9-17(10-12-18)23(32)27-21-14-19(24(3,4)5)29-31(21)20-8-6-7-13-26-20/h6-14H,1-5H3,(H,27,32). The quantitative estimate of drug-likeness (QED) is 0.461. The number of pyridine rings is 1. The van der Waals surface area contributed by atoms with E-state index in [-0.39, 0.29) is 11.3 Å². The zero-order valence-corrected chi connectivity index (χ0v) is 19.5. The van der Waals surface area contributed by atoms with Crippen LogP contribution in [0.25, 0.3) is 11.5 Å². The minimum absolute atomic E-state index is 0.178. The molecule has 0 aliphatic carbocycles. The second kappa shape index (κ2) is 8.24. The summed E-state index contributed by atoms with van der Waals surface area (Å²) in [6.07, 6.45) is 1.70. The fraction of sp³-hybridized carbons (Fsp3) is 0.250. The smallest absolute Gasteiger partial charge is 0.256 e. The largest absolute Gasteiger partial charge is 0.306 e. The first-order chi connectivity index (χ1) is 15.1. The summed E-state index contributed by atoms with van der Waals surface area (Å²) in [5, 5.41) is 12.8. The van der Waals surface area contributed by atoms with Gasteiger partial charge in [0, 0.05) is 23.2 Å². The number of halogens is 1. The Morgan fingerprint density at radius 3 is 2.28 bits per heavy atom. The molecule has 1 aromatic carbocycles. The molecule has 7 nitrogen and oxygen atoms in total. The van der Waals surface area contributed by atoms with Crippen LogP contribution in [0.1, 0.15) is 48.2 Å². The van der Waals surface area contributed by atoms with E-state index >= 15 is 0 Å². The van der Waals surface area contributed by atoms with E-state index in [4.69, 9.17) is 11.6 Å². The molecule has 0 spiro atoms. The van der Waals surface area contributed by atoms with Gasteiger partial charge in [0.25, 0.3) is 5.91 Å². The molecule has 0 aliphatic heterocycles. The number of aromatic nitrogens is 5. The maximum atomic E-state index is 13.0.